The molecule has 0 heterocycles. The molecule has 0 saturated heterocycles. The van der Waals surface area contributed by atoms with Gasteiger partial charge in [0.25, 0.3) is 0 Å². The number of amides is 1. The Kier molecular flexibility index (Phi) is 6.62. The van der Waals surface area contributed by atoms with E-state index in [2.05, 4.69) is 0 Å². The maximum Gasteiger partial charge on any atom is 0.246 e. The van der Waals surface area contributed by atoms with Crippen molar-refractivity contribution < 1.29 is 13.2 Å². The first-order valence-corrected chi connectivity index (χ1v) is 9.87. The number of hydrogen-bond donors (Lipinski definition) is 0. The summed E-state index contributed by atoms with van der Waals surface area (Å²) in [6.07, 6.45) is 1.58. The van der Waals surface area contributed by atoms with Crippen molar-refractivity contribution in [3.63, 3.8) is 0 Å². The van der Waals surface area contributed by atoms with E-state index in [0.717, 1.165) is 17.4 Å². The van der Waals surface area contributed by atoms with Crippen LogP contribution in [0.4, 0.5) is 5.69 Å². The Morgan fingerprint density at radius 3 is 2.04 bits per heavy atom. The number of sulfonamides is 1. The molecule has 0 bridgehead atoms. The van der Waals surface area contributed by atoms with E-state index < -0.39 is 16.1 Å². The summed E-state index contributed by atoms with van der Waals surface area (Å²) < 4.78 is 26.0. The predicted octanol–water partition coefficient (Wildman–Crippen LogP) is 2.72. The number of likely N-dealkylation sites (N-methyl/N-ethyl adjacent to an activating group) is 1. The second-order valence-electron chi connectivity index (χ2n) is 5.76. The molecule has 1 aromatic carbocycles. The van der Waals surface area contributed by atoms with Crippen molar-refractivity contribution in [1.29, 1.82) is 0 Å². The van der Waals surface area contributed by atoms with E-state index in [0.29, 0.717) is 25.2 Å². The number of nitrogens with zero attached hydrogens (tertiary/aromatic N) is 2. The average molecular weight is 340 g/mol. The van der Waals surface area contributed by atoms with E-state index >= 15 is 0 Å². The summed E-state index contributed by atoms with van der Waals surface area (Å²) in [4.78, 5) is 14.4. The van der Waals surface area contributed by atoms with Crippen molar-refractivity contribution >= 4 is 21.6 Å². The van der Waals surface area contributed by atoms with Gasteiger partial charge in [0, 0.05) is 13.1 Å². The zero-order chi connectivity index (χ0) is 17.8. The lowest BCUT2D eigenvalue weighted by molar-refractivity contribution is -0.132. The van der Waals surface area contributed by atoms with Crippen LogP contribution in [0.3, 0.4) is 0 Å². The highest BCUT2D eigenvalue weighted by molar-refractivity contribution is 7.92. The predicted molar refractivity (Wildman–Crippen MR) is 95.2 cm³/mol. The molecule has 5 nitrogen and oxygen atoms in total. The number of carbonyl (C=O) groups is 1. The standard InChI is InChI=1S/C17H28N2O3S/c1-7-16(17(20)18(8-2)9-3)19(23(6,21)22)15-11-10-13(4)14(5)12-15/h10-12,16H,7-9H2,1-6H3. The highest BCUT2D eigenvalue weighted by Gasteiger charge is 2.33. The smallest absolute Gasteiger partial charge is 0.246 e. The van der Waals surface area contributed by atoms with Crippen LogP contribution >= 0.6 is 0 Å². The first-order valence-electron chi connectivity index (χ1n) is 8.02. The van der Waals surface area contributed by atoms with E-state index in [9.17, 15) is 13.2 Å². The van der Waals surface area contributed by atoms with Gasteiger partial charge in [-0.2, -0.15) is 0 Å². The highest BCUT2D eigenvalue weighted by atomic mass is 32.2. The van der Waals surface area contributed by atoms with Crippen LogP contribution in [0.2, 0.25) is 0 Å². The Balaban J connectivity index is 3.39. The summed E-state index contributed by atoms with van der Waals surface area (Å²) in [5, 5.41) is 0. The summed E-state index contributed by atoms with van der Waals surface area (Å²) in [7, 11) is -3.57. The SMILES string of the molecule is CCC(C(=O)N(CC)CC)N(c1ccc(C)c(C)c1)S(C)(=O)=O. The molecule has 23 heavy (non-hydrogen) atoms. The lowest BCUT2D eigenvalue weighted by atomic mass is 10.1. The van der Waals surface area contributed by atoms with E-state index in [4.69, 9.17) is 0 Å². The Hall–Kier alpha value is -1.56. The Labute approximate surface area is 140 Å². The van der Waals surface area contributed by atoms with Crippen molar-refractivity contribution in [2.45, 2.75) is 47.1 Å². The van der Waals surface area contributed by atoms with Crippen molar-refractivity contribution in [2.75, 3.05) is 23.7 Å². The Morgan fingerprint density at radius 2 is 1.65 bits per heavy atom. The number of carbonyl (C=O) groups excluding carboxylic acids is 1. The lowest BCUT2D eigenvalue weighted by Gasteiger charge is -2.33. The Bertz CT molecular complexity index is 652. The normalized spacial score (nSPS) is 12.8. The van der Waals surface area contributed by atoms with Crippen molar-refractivity contribution in [3.8, 4) is 0 Å². The number of aryl methyl sites for hydroxylation is 2. The first kappa shape index (κ1) is 19.5. The first-order chi connectivity index (χ1) is 10.7. The fourth-order valence-electron chi connectivity index (χ4n) is 2.65. The second kappa shape index (κ2) is 7.81. The topological polar surface area (TPSA) is 57.7 Å². The van der Waals surface area contributed by atoms with Gasteiger partial charge >= 0.3 is 0 Å². The quantitative estimate of drug-likeness (QED) is 0.767. The monoisotopic (exact) mass is 340 g/mol. The van der Waals surface area contributed by atoms with Gasteiger partial charge in [0.2, 0.25) is 15.9 Å². The largest absolute Gasteiger partial charge is 0.341 e. The zero-order valence-electron chi connectivity index (χ0n) is 15.0. The molecule has 0 aliphatic carbocycles. The Morgan fingerprint density at radius 1 is 1.09 bits per heavy atom. The average Bonchev–Trinajstić information content (AvgIpc) is 2.47. The van der Waals surface area contributed by atoms with Crippen molar-refractivity contribution in [2.24, 2.45) is 0 Å². The van der Waals surface area contributed by atoms with Crippen LogP contribution in [-0.4, -0.2) is 44.6 Å². The van der Waals surface area contributed by atoms with Gasteiger partial charge in [-0.3, -0.25) is 9.10 Å². The maximum absolute atomic E-state index is 12.8. The van der Waals surface area contributed by atoms with Gasteiger partial charge in [-0.15, -0.1) is 0 Å². The minimum atomic E-state index is -3.57. The van der Waals surface area contributed by atoms with E-state index in [1.54, 1.807) is 11.0 Å². The van der Waals surface area contributed by atoms with Gasteiger partial charge in [-0.05, 0) is 57.4 Å². The zero-order valence-corrected chi connectivity index (χ0v) is 15.8. The van der Waals surface area contributed by atoms with Crippen LogP contribution in [0.1, 0.15) is 38.3 Å². The molecule has 6 heteroatoms. The van der Waals surface area contributed by atoms with Crippen LogP contribution < -0.4 is 4.31 Å². The molecule has 130 valence electrons. The van der Waals surface area contributed by atoms with Gasteiger partial charge in [0.15, 0.2) is 0 Å². The lowest BCUT2D eigenvalue weighted by Crippen LogP contribution is -2.50. The molecule has 0 saturated carbocycles. The van der Waals surface area contributed by atoms with Crippen molar-refractivity contribution in [3.05, 3.63) is 29.3 Å². The molecule has 0 aliphatic rings. The molecule has 0 radical (unpaired) electrons. The van der Waals surface area contributed by atoms with Crippen LogP contribution in [0.25, 0.3) is 0 Å². The third-order valence-corrected chi connectivity index (χ3v) is 5.31. The molecule has 0 N–H and O–H groups in total. The molecular weight excluding hydrogens is 312 g/mol. The fraction of sp³-hybridized carbons (Fsp3) is 0.588. The van der Waals surface area contributed by atoms with Gasteiger partial charge in [-0.25, -0.2) is 8.42 Å². The van der Waals surface area contributed by atoms with E-state index in [1.807, 2.05) is 46.8 Å². The van der Waals surface area contributed by atoms with Crippen LogP contribution in [-0.2, 0) is 14.8 Å². The number of benzene rings is 1. The molecule has 0 aromatic heterocycles. The van der Waals surface area contributed by atoms with Gasteiger partial charge in [-0.1, -0.05) is 13.0 Å². The number of rotatable bonds is 7. The van der Waals surface area contributed by atoms with Crippen LogP contribution in [0, 0.1) is 13.8 Å². The fourth-order valence-corrected chi connectivity index (χ4v) is 3.85. The maximum atomic E-state index is 12.8. The minimum Gasteiger partial charge on any atom is -0.341 e. The highest BCUT2D eigenvalue weighted by Crippen LogP contribution is 2.25. The molecule has 0 aliphatic heterocycles. The molecular formula is C17H28N2O3S. The molecule has 1 amide bonds. The third kappa shape index (κ3) is 4.47. The van der Waals surface area contributed by atoms with Gasteiger partial charge < -0.3 is 4.90 Å². The molecule has 1 aromatic rings. The second-order valence-corrected chi connectivity index (χ2v) is 7.62. The van der Waals surface area contributed by atoms with Crippen LogP contribution in [0.15, 0.2) is 18.2 Å². The van der Waals surface area contributed by atoms with E-state index in [1.165, 1.54) is 4.31 Å². The summed E-state index contributed by atoms with van der Waals surface area (Å²) >= 11 is 0. The minimum absolute atomic E-state index is 0.152. The van der Waals surface area contributed by atoms with Gasteiger partial charge in [0.1, 0.15) is 6.04 Å². The third-order valence-electron chi connectivity index (χ3n) is 4.13. The summed E-state index contributed by atoms with van der Waals surface area (Å²) in [6, 6.07) is 4.76. The number of anilines is 1. The summed E-state index contributed by atoms with van der Waals surface area (Å²) in [5.74, 6) is -0.152. The molecule has 1 unspecified atom stereocenters. The van der Waals surface area contributed by atoms with Crippen molar-refractivity contribution in [1.82, 2.24) is 4.90 Å². The molecule has 0 fully saturated rings. The van der Waals surface area contributed by atoms with Gasteiger partial charge in [0.05, 0.1) is 11.9 Å². The van der Waals surface area contributed by atoms with Crippen LogP contribution in [0.5, 0.6) is 0 Å². The molecule has 1 rings (SSSR count). The van der Waals surface area contributed by atoms with E-state index in [-0.39, 0.29) is 5.91 Å². The number of hydrogen-bond acceptors (Lipinski definition) is 3. The molecule has 1 atom stereocenters. The summed E-state index contributed by atoms with van der Waals surface area (Å²) in [5.41, 5.74) is 2.63. The summed E-state index contributed by atoms with van der Waals surface area (Å²) in [6.45, 7) is 10.7. The molecule has 0 spiro atoms.